The van der Waals surface area contributed by atoms with E-state index < -0.39 is 0 Å². The number of hydrogen-bond donors (Lipinski definition) is 1. The molecule has 0 saturated carbocycles. The topological polar surface area (TPSA) is 24.4 Å². The summed E-state index contributed by atoms with van der Waals surface area (Å²) in [6, 6.07) is 0. The summed E-state index contributed by atoms with van der Waals surface area (Å²) < 4.78 is 0. The minimum absolute atomic E-state index is 0.686. The first-order chi connectivity index (χ1) is 4.66. The van der Waals surface area contributed by atoms with Gasteiger partial charge in [-0.25, -0.2) is 4.99 Å². The van der Waals surface area contributed by atoms with E-state index in [1.807, 2.05) is 13.8 Å². The van der Waals surface area contributed by atoms with Crippen LogP contribution >= 0.6 is 0 Å². The molecule has 0 fully saturated rings. The van der Waals surface area contributed by atoms with Gasteiger partial charge in [0.25, 0.3) is 0 Å². The molecule has 0 spiro atoms. The van der Waals surface area contributed by atoms with Crippen molar-refractivity contribution in [2.45, 2.75) is 13.8 Å². The molecule has 0 aliphatic rings. The predicted octanol–water partition coefficient (Wildman–Crippen LogP) is 1.71. The highest BCUT2D eigenvalue weighted by Crippen LogP contribution is 1.86. The molecular weight excluding hydrogens is 124 g/mol. The molecule has 0 unspecified atom stereocenters. The fraction of sp³-hybridized carbons (Fsp3) is 0.375. The van der Waals surface area contributed by atoms with Crippen molar-refractivity contribution in [2.75, 3.05) is 6.54 Å². The fourth-order valence-corrected chi connectivity index (χ4v) is 0.438. The summed E-state index contributed by atoms with van der Waals surface area (Å²) in [6.07, 6.45) is 1.69. The third kappa shape index (κ3) is 5.09. The van der Waals surface area contributed by atoms with Gasteiger partial charge in [0.2, 0.25) is 0 Å². The molecule has 0 radical (unpaired) electrons. The summed E-state index contributed by atoms with van der Waals surface area (Å²) >= 11 is 0. The Labute approximate surface area is 62.4 Å². The van der Waals surface area contributed by atoms with Gasteiger partial charge in [-0.3, -0.25) is 0 Å². The molecule has 0 aromatic rings. The zero-order chi connectivity index (χ0) is 7.98. The molecule has 56 valence electrons. The summed E-state index contributed by atoms with van der Waals surface area (Å²) in [5.74, 6) is 0.686. The summed E-state index contributed by atoms with van der Waals surface area (Å²) in [7, 11) is 0. The molecule has 0 aromatic carbocycles. The molecule has 0 aromatic heterocycles. The maximum Gasteiger partial charge on any atom is 0.118 e. The zero-order valence-electron chi connectivity index (χ0n) is 6.65. The summed E-state index contributed by atoms with van der Waals surface area (Å²) in [6.45, 7) is 12.1. The maximum absolute atomic E-state index is 3.98. The Balaban J connectivity index is 3.67. The first-order valence-corrected chi connectivity index (χ1v) is 3.29. The molecule has 2 heteroatoms. The van der Waals surface area contributed by atoms with Gasteiger partial charge in [0.1, 0.15) is 5.82 Å². The number of nitrogens with one attached hydrogen (secondary N) is 1. The second kappa shape index (κ2) is 4.79. The number of nitrogens with zero attached hydrogens (tertiary/aromatic N) is 1. The molecule has 1 N–H and O–H groups in total. The first kappa shape index (κ1) is 8.95. The highest BCUT2D eigenvalue weighted by atomic mass is 15.0. The van der Waals surface area contributed by atoms with Crippen molar-refractivity contribution in [3.8, 4) is 0 Å². The molecular formula is C8H14N2. The first-order valence-electron chi connectivity index (χ1n) is 3.29. The van der Waals surface area contributed by atoms with E-state index in [4.69, 9.17) is 0 Å². The lowest BCUT2D eigenvalue weighted by atomic mass is 10.4. The molecule has 0 atom stereocenters. The molecule has 0 amide bonds. The van der Waals surface area contributed by atoms with E-state index in [2.05, 4.69) is 23.5 Å². The van der Waals surface area contributed by atoms with Crippen LogP contribution in [0.5, 0.6) is 0 Å². The number of aliphatic imine (C=N–C) groups is 1. The van der Waals surface area contributed by atoms with Gasteiger partial charge in [0, 0.05) is 12.8 Å². The van der Waals surface area contributed by atoms with Crippen molar-refractivity contribution in [2.24, 2.45) is 4.99 Å². The van der Waals surface area contributed by atoms with Crippen LogP contribution in [-0.2, 0) is 0 Å². The molecule has 2 nitrogen and oxygen atoms in total. The Kier molecular flexibility index (Phi) is 4.29. The van der Waals surface area contributed by atoms with Crippen LogP contribution in [0.1, 0.15) is 13.8 Å². The summed E-state index contributed by atoms with van der Waals surface area (Å²) in [5.41, 5.74) is 0.930. The lowest BCUT2D eigenvalue weighted by Crippen LogP contribution is -2.08. The zero-order valence-corrected chi connectivity index (χ0v) is 6.65. The van der Waals surface area contributed by atoms with Crippen LogP contribution in [0.15, 0.2) is 29.5 Å². The van der Waals surface area contributed by atoms with Gasteiger partial charge in [-0.1, -0.05) is 13.2 Å². The number of allylic oxidation sites excluding steroid dienone is 1. The van der Waals surface area contributed by atoms with Crippen LogP contribution in [0.3, 0.4) is 0 Å². The van der Waals surface area contributed by atoms with E-state index in [1.54, 1.807) is 6.21 Å². The van der Waals surface area contributed by atoms with Crippen LogP contribution in [0.25, 0.3) is 0 Å². The van der Waals surface area contributed by atoms with E-state index in [1.165, 1.54) is 0 Å². The van der Waals surface area contributed by atoms with Crippen molar-refractivity contribution in [1.29, 1.82) is 0 Å². The van der Waals surface area contributed by atoms with Gasteiger partial charge in [-0.05, 0) is 19.4 Å². The Morgan fingerprint density at radius 1 is 1.60 bits per heavy atom. The van der Waals surface area contributed by atoms with Gasteiger partial charge in [-0.15, -0.1) is 0 Å². The van der Waals surface area contributed by atoms with E-state index in [0.717, 1.165) is 12.1 Å². The van der Waals surface area contributed by atoms with Crippen molar-refractivity contribution in [3.05, 3.63) is 24.6 Å². The number of rotatable bonds is 4. The molecule has 0 saturated heterocycles. The normalized spacial score (nSPS) is 9.80. The summed E-state index contributed by atoms with van der Waals surface area (Å²) in [4.78, 5) is 3.98. The van der Waals surface area contributed by atoms with Gasteiger partial charge < -0.3 is 5.32 Å². The van der Waals surface area contributed by atoms with E-state index in [9.17, 15) is 0 Å². The van der Waals surface area contributed by atoms with Gasteiger partial charge in [-0.2, -0.15) is 0 Å². The lowest BCUT2D eigenvalue weighted by molar-refractivity contribution is 0.847. The molecule has 10 heavy (non-hydrogen) atoms. The van der Waals surface area contributed by atoms with Crippen LogP contribution in [0.4, 0.5) is 0 Å². The molecule has 0 rings (SSSR count). The largest absolute Gasteiger partial charge is 0.371 e. The van der Waals surface area contributed by atoms with Gasteiger partial charge >= 0.3 is 0 Å². The molecule has 0 aliphatic carbocycles. The van der Waals surface area contributed by atoms with Crippen LogP contribution in [0.2, 0.25) is 0 Å². The fourth-order valence-electron chi connectivity index (χ4n) is 0.438. The minimum atomic E-state index is 0.686. The molecule has 0 heterocycles. The monoisotopic (exact) mass is 138 g/mol. The van der Waals surface area contributed by atoms with Crippen molar-refractivity contribution in [3.63, 3.8) is 0 Å². The van der Waals surface area contributed by atoms with Crippen LogP contribution in [0, 0.1) is 0 Å². The third-order valence-electron chi connectivity index (χ3n) is 0.822. The standard InChI is InChI=1S/C8H14N2/c1-5-9-8(4)10-6-7(2)3/h6,9H,2,4-5H2,1,3H3/b10-6-. The maximum atomic E-state index is 3.98. The van der Waals surface area contributed by atoms with Crippen molar-refractivity contribution >= 4 is 6.21 Å². The Morgan fingerprint density at radius 2 is 2.20 bits per heavy atom. The van der Waals surface area contributed by atoms with Gasteiger partial charge in [0.05, 0.1) is 0 Å². The van der Waals surface area contributed by atoms with E-state index in [-0.39, 0.29) is 0 Å². The van der Waals surface area contributed by atoms with E-state index in [0.29, 0.717) is 5.82 Å². The predicted molar refractivity (Wildman–Crippen MR) is 46.1 cm³/mol. The molecule has 0 aliphatic heterocycles. The SMILES string of the molecule is C=C(C)/C=N\C(=C)NCC. The van der Waals surface area contributed by atoms with Crippen LogP contribution < -0.4 is 5.32 Å². The Hall–Kier alpha value is -1.05. The second-order valence-corrected chi connectivity index (χ2v) is 2.08. The minimum Gasteiger partial charge on any atom is -0.371 e. The van der Waals surface area contributed by atoms with E-state index >= 15 is 0 Å². The van der Waals surface area contributed by atoms with Gasteiger partial charge in [0.15, 0.2) is 0 Å². The average molecular weight is 138 g/mol. The highest BCUT2D eigenvalue weighted by molar-refractivity contribution is 5.77. The van der Waals surface area contributed by atoms with Crippen LogP contribution in [-0.4, -0.2) is 12.8 Å². The quantitative estimate of drug-likeness (QED) is 0.588. The Bertz CT molecular complexity index is 157. The number of hydrogen-bond acceptors (Lipinski definition) is 2. The lowest BCUT2D eigenvalue weighted by Gasteiger charge is -1.98. The smallest absolute Gasteiger partial charge is 0.118 e. The summed E-state index contributed by atoms with van der Waals surface area (Å²) in [5, 5.41) is 2.97. The Morgan fingerprint density at radius 3 is 2.60 bits per heavy atom. The highest BCUT2D eigenvalue weighted by Gasteiger charge is 1.81. The van der Waals surface area contributed by atoms with Crippen molar-refractivity contribution in [1.82, 2.24) is 5.32 Å². The third-order valence-corrected chi connectivity index (χ3v) is 0.822. The second-order valence-electron chi connectivity index (χ2n) is 2.08. The van der Waals surface area contributed by atoms with Crippen molar-refractivity contribution < 1.29 is 0 Å². The molecule has 0 bridgehead atoms. The average Bonchev–Trinajstić information content (AvgIpc) is 1.85.